The maximum absolute atomic E-state index is 12.1. The van der Waals surface area contributed by atoms with Crippen LogP contribution in [0.3, 0.4) is 0 Å². The molecule has 2 aromatic rings. The Hall–Kier alpha value is -3.16. The van der Waals surface area contributed by atoms with Crippen molar-refractivity contribution in [3.05, 3.63) is 53.6 Å². The van der Waals surface area contributed by atoms with E-state index in [1.807, 2.05) is 0 Å². The Morgan fingerprint density at radius 3 is 2.37 bits per heavy atom. The van der Waals surface area contributed by atoms with Crippen LogP contribution < -0.4 is 14.8 Å². The average molecular weight is 379 g/mol. The molecule has 2 aromatic carbocycles. The topological polar surface area (TPSA) is 84.9 Å². The van der Waals surface area contributed by atoms with Gasteiger partial charge in [-0.25, -0.2) is 4.79 Å². The van der Waals surface area contributed by atoms with Gasteiger partial charge in [-0.1, -0.05) is 12.1 Å². The molecule has 0 aromatic heterocycles. The molecule has 0 unspecified atom stereocenters. The van der Waals surface area contributed by atoms with Gasteiger partial charge in [-0.2, -0.15) is 8.78 Å². The first-order chi connectivity index (χ1) is 12.8. The molecule has 0 saturated heterocycles. The molecule has 0 bridgehead atoms. The fourth-order valence-corrected chi connectivity index (χ4v) is 2.32. The maximum atomic E-state index is 12.1. The van der Waals surface area contributed by atoms with Gasteiger partial charge in [0.1, 0.15) is 11.5 Å². The molecule has 0 aliphatic rings. The van der Waals surface area contributed by atoms with Gasteiger partial charge in [0.25, 0.3) is 0 Å². The Kier molecular flexibility index (Phi) is 7.10. The highest BCUT2D eigenvalue weighted by molar-refractivity contribution is 5.91. The monoisotopic (exact) mass is 379 g/mol. The fraction of sp³-hybridized carbons (Fsp3) is 0.263. The van der Waals surface area contributed by atoms with E-state index in [9.17, 15) is 18.4 Å². The van der Waals surface area contributed by atoms with Crippen molar-refractivity contribution < 1.29 is 33.0 Å². The lowest BCUT2D eigenvalue weighted by atomic mass is 10.1. The van der Waals surface area contributed by atoms with Gasteiger partial charge in [-0.15, -0.1) is 0 Å². The first kappa shape index (κ1) is 20.2. The second kappa shape index (κ2) is 9.51. The summed E-state index contributed by atoms with van der Waals surface area (Å²) in [5.74, 6) is -0.804. The lowest BCUT2D eigenvalue weighted by Crippen LogP contribution is -2.13. The standard InChI is InChI=1S/C19H19F2NO5/c1-12-10-15(26-11-18(24)25)7-8-16(12)22-17(23)9-4-13-2-5-14(6-3-13)27-19(20)21/h2-3,5-8,10,19H,4,9,11H2,1H3,(H,22,23)(H,24,25). The zero-order valence-corrected chi connectivity index (χ0v) is 14.6. The number of benzene rings is 2. The summed E-state index contributed by atoms with van der Waals surface area (Å²) in [4.78, 5) is 22.6. The van der Waals surface area contributed by atoms with Gasteiger partial charge in [0.05, 0.1) is 0 Å². The number of aryl methyl sites for hydroxylation is 2. The Bertz CT molecular complexity index is 793. The molecule has 0 fully saturated rings. The third-order valence-corrected chi connectivity index (χ3v) is 3.62. The number of carboxylic acid groups (broad SMARTS) is 1. The van der Waals surface area contributed by atoms with E-state index < -0.39 is 19.2 Å². The van der Waals surface area contributed by atoms with Gasteiger partial charge in [0.2, 0.25) is 5.91 Å². The fourth-order valence-electron chi connectivity index (χ4n) is 2.32. The largest absolute Gasteiger partial charge is 0.482 e. The molecule has 0 spiro atoms. The van der Waals surface area contributed by atoms with Crippen molar-refractivity contribution in [3.8, 4) is 11.5 Å². The third kappa shape index (κ3) is 6.93. The lowest BCUT2D eigenvalue weighted by Gasteiger charge is -2.11. The van der Waals surface area contributed by atoms with Gasteiger partial charge >= 0.3 is 12.6 Å². The first-order valence-corrected chi connectivity index (χ1v) is 8.12. The summed E-state index contributed by atoms with van der Waals surface area (Å²) < 4.78 is 33.6. The predicted molar refractivity (Wildman–Crippen MR) is 94.3 cm³/mol. The van der Waals surface area contributed by atoms with E-state index >= 15 is 0 Å². The number of carboxylic acids is 1. The number of alkyl halides is 2. The summed E-state index contributed by atoms with van der Waals surface area (Å²) in [7, 11) is 0. The molecule has 0 atom stereocenters. The van der Waals surface area contributed by atoms with Gasteiger partial charge in [-0.3, -0.25) is 4.79 Å². The van der Waals surface area contributed by atoms with Crippen LogP contribution in [-0.2, 0) is 16.0 Å². The molecule has 2 rings (SSSR count). The van der Waals surface area contributed by atoms with E-state index in [-0.39, 0.29) is 18.1 Å². The molecule has 1 amide bonds. The Morgan fingerprint density at radius 1 is 1.11 bits per heavy atom. The third-order valence-electron chi connectivity index (χ3n) is 3.62. The molecule has 0 saturated carbocycles. The van der Waals surface area contributed by atoms with Crippen LogP contribution in [0.5, 0.6) is 11.5 Å². The zero-order chi connectivity index (χ0) is 19.8. The quantitative estimate of drug-likeness (QED) is 0.695. The smallest absolute Gasteiger partial charge is 0.387 e. The predicted octanol–water partition coefficient (Wildman–Crippen LogP) is 3.63. The van der Waals surface area contributed by atoms with Crippen LogP contribution >= 0.6 is 0 Å². The van der Waals surface area contributed by atoms with Crippen molar-refractivity contribution in [1.82, 2.24) is 0 Å². The van der Waals surface area contributed by atoms with Crippen molar-refractivity contribution in [2.75, 3.05) is 11.9 Å². The number of aliphatic carboxylic acids is 1. The highest BCUT2D eigenvalue weighted by Gasteiger charge is 2.08. The van der Waals surface area contributed by atoms with E-state index in [2.05, 4.69) is 10.1 Å². The number of carbonyl (C=O) groups is 2. The summed E-state index contributed by atoms with van der Waals surface area (Å²) >= 11 is 0. The Labute approximate surface area is 154 Å². The summed E-state index contributed by atoms with van der Waals surface area (Å²) in [6.45, 7) is -1.54. The van der Waals surface area contributed by atoms with E-state index in [1.54, 1.807) is 37.3 Å². The number of amides is 1. The minimum absolute atomic E-state index is 0.0685. The van der Waals surface area contributed by atoms with Gasteiger partial charge < -0.3 is 19.9 Å². The molecule has 144 valence electrons. The minimum Gasteiger partial charge on any atom is -0.482 e. The molecule has 8 heteroatoms. The average Bonchev–Trinajstić information content (AvgIpc) is 2.61. The summed E-state index contributed by atoms with van der Waals surface area (Å²) in [5, 5.41) is 11.4. The molecule has 27 heavy (non-hydrogen) atoms. The summed E-state index contributed by atoms with van der Waals surface area (Å²) in [5.41, 5.74) is 2.16. The van der Waals surface area contributed by atoms with Gasteiger partial charge in [-0.05, 0) is 54.8 Å². The number of hydrogen-bond donors (Lipinski definition) is 2. The number of nitrogens with one attached hydrogen (secondary N) is 1. The number of anilines is 1. The van der Waals surface area contributed by atoms with Crippen LogP contribution in [0.15, 0.2) is 42.5 Å². The van der Waals surface area contributed by atoms with Crippen LogP contribution in [0.1, 0.15) is 17.5 Å². The molecule has 0 radical (unpaired) electrons. The summed E-state index contributed by atoms with van der Waals surface area (Å²) in [6, 6.07) is 11.0. The number of halogens is 2. The zero-order valence-electron chi connectivity index (χ0n) is 14.6. The van der Waals surface area contributed by atoms with Gasteiger partial charge in [0, 0.05) is 12.1 Å². The van der Waals surface area contributed by atoms with E-state index in [4.69, 9.17) is 9.84 Å². The highest BCUT2D eigenvalue weighted by atomic mass is 19.3. The number of rotatable bonds is 9. The van der Waals surface area contributed by atoms with Crippen molar-refractivity contribution in [2.24, 2.45) is 0 Å². The van der Waals surface area contributed by atoms with Crippen molar-refractivity contribution in [1.29, 1.82) is 0 Å². The minimum atomic E-state index is -2.87. The van der Waals surface area contributed by atoms with Crippen molar-refractivity contribution in [2.45, 2.75) is 26.4 Å². The molecular formula is C19H19F2NO5. The van der Waals surface area contributed by atoms with E-state index in [0.717, 1.165) is 11.1 Å². The molecule has 2 N–H and O–H groups in total. The van der Waals surface area contributed by atoms with Gasteiger partial charge in [0.15, 0.2) is 6.61 Å². The number of hydrogen-bond acceptors (Lipinski definition) is 4. The second-order valence-corrected chi connectivity index (χ2v) is 5.73. The number of ether oxygens (including phenoxy) is 2. The van der Waals surface area contributed by atoms with Crippen molar-refractivity contribution >= 4 is 17.6 Å². The molecule has 0 aliphatic heterocycles. The normalized spacial score (nSPS) is 10.5. The van der Waals surface area contributed by atoms with Crippen LogP contribution in [-0.4, -0.2) is 30.2 Å². The molecular weight excluding hydrogens is 360 g/mol. The number of carbonyl (C=O) groups excluding carboxylic acids is 1. The van der Waals surface area contributed by atoms with Crippen LogP contribution in [0.2, 0.25) is 0 Å². The maximum Gasteiger partial charge on any atom is 0.387 e. The van der Waals surface area contributed by atoms with Crippen LogP contribution in [0, 0.1) is 6.92 Å². The molecule has 0 heterocycles. The Morgan fingerprint density at radius 2 is 1.78 bits per heavy atom. The molecule has 6 nitrogen and oxygen atoms in total. The Balaban J connectivity index is 1.85. The van der Waals surface area contributed by atoms with Crippen LogP contribution in [0.4, 0.5) is 14.5 Å². The SMILES string of the molecule is Cc1cc(OCC(=O)O)ccc1NC(=O)CCc1ccc(OC(F)F)cc1. The van der Waals surface area contributed by atoms with Crippen molar-refractivity contribution in [3.63, 3.8) is 0 Å². The molecule has 0 aliphatic carbocycles. The highest BCUT2D eigenvalue weighted by Crippen LogP contribution is 2.22. The van der Waals surface area contributed by atoms with E-state index in [1.165, 1.54) is 12.1 Å². The first-order valence-electron chi connectivity index (χ1n) is 8.12. The van der Waals surface area contributed by atoms with Crippen LogP contribution in [0.25, 0.3) is 0 Å². The lowest BCUT2D eigenvalue weighted by molar-refractivity contribution is -0.139. The second-order valence-electron chi connectivity index (χ2n) is 5.73. The van der Waals surface area contributed by atoms with E-state index in [0.29, 0.717) is 17.9 Å². The summed E-state index contributed by atoms with van der Waals surface area (Å²) in [6.07, 6.45) is 0.658.